The minimum Gasteiger partial charge on any atom is -0.480 e. The van der Waals surface area contributed by atoms with Crippen LogP contribution in [0.2, 0.25) is 0 Å². The first-order valence-electron chi connectivity index (χ1n) is 3.93. The van der Waals surface area contributed by atoms with E-state index in [0.717, 1.165) is 0 Å². The third-order valence-electron chi connectivity index (χ3n) is 2.08. The Bertz CT molecular complexity index is 134. The molecule has 0 aliphatic carbocycles. The molecule has 0 fully saturated rings. The van der Waals surface area contributed by atoms with Crippen LogP contribution in [-0.4, -0.2) is 17.1 Å². The van der Waals surface area contributed by atoms with E-state index < -0.39 is 12.0 Å². The van der Waals surface area contributed by atoms with Gasteiger partial charge in [-0.25, -0.2) is 0 Å². The second-order valence-corrected chi connectivity index (χ2v) is 3.40. The lowest BCUT2D eigenvalue weighted by Crippen LogP contribution is -2.32. The lowest BCUT2D eigenvalue weighted by Gasteiger charge is -2.17. The summed E-state index contributed by atoms with van der Waals surface area (Å²) in [5.41, 5.74) is 5.36. The van der Waals surface area contributed by atoms with E-state index in [1.54, 1.807) is 0 Å². The maximum atomic E-state index is 10.3. The Labute approximate surface area is 67.6 Å². The molecule has 0 radical (unpaired) electrons. The van der Waals surface area contributed by atoms with Gasteiger partial charge in [-0.2, -0.15) is 0 Å². The van der Waals surface area contributed by atoms with Crippen molar-refractivity contribution in [3.05, 3.63) is 0 Å². The number of carbonyl (C=O) groups is 1. The number of hydrogen-bond donors (Lipinski definition) is 2. The first-order chi connectivity index (χ1) is 4.95. The molecule has 0 bridgehead atoms. The molecular weight excluding hydrogens is 142 g/mol. The number of aliphatic carboxylic acids is 1. The smallest absolute Gasteiger partial charge is 0.320 e. The Morgan fingerprint density at radius 1 is 1.45 bits per heavy atom. The molecule has 0 aromatic carbocycles. The average molecular weight is 159 g/mol. The maximum absolute atomic E-state index is 10.3. The molecule has 0 aliphatic heterocycles. The quantitative estimate of drug-likeness (QED) is 0.645. The van der Waals surface area contributed by atoms with E-state index in [1.807, 2.05) is 6.92 Å². The van der Waals surface area contributed by atoms with Crippen molar-refractivity contribution < 1.29 is 9.90 Å². The summed E-state index contributed by atoms with van der Waals surface area (Å²) in [6.07, 6.45) is 0.562. The summed E-state index contributed by atoms with van der Waals surface area (Å²) in [5, 5.41) is 8.49. The number of nitrogens with two attached hydrogens (primary N) is 1. The van der Waals surface area contributed by atoms with E-state index in [4.69, 9.17) is 10.8 Å². The summed E-state index contributed by atoms with van der Waals surface area (Å²) in [4.78, 5) is 10.3. The Morgan fingerprint density at radius 2 is 1.91 bits per heavy atom. The van der Waals surface area contributed by atoms with Gasteiger partial charge in [0.05, 0.1) is 0 Å². The van der Waals surface area contributed by atoms with Gasteiger partial charge < -0.3 is 10.8 Å². The summed E-state index contributed by atoms with van der Waals surface area (Å²) < 4.78 is 0. The van der Waals surface area contributed by atoms with E-state index in [0.29, 0.717) is 18.3 Å². The molecule has 0 saturated heterocycles. The third-order valence-corrected chi connectivity index (χ3v) is 2.08. The average Bonchev–Trinajstić information content (AvgIpc) is 1.87. The third kappa shape index (κ3) is 3.98. The van der Waals surface area contributed by atoms with Crippen LogP contribution in [0.4, 0.5) is 0 Å². The van der Waals surface area contributed by atoms with E-state index >= 15 is 0 Å². The van der Waals surface area contributed by atoms with Crippen molar-refractivity contribution in [1.82, 2.24) is 0 Å². The summed E-state index contributed by atoms with van der Waals surface area (Å²) in [6, 6.07) is -0.701. The molecule has 3 heteroatoms. The molecule has 0 aromatic heterocycles. The van der Waals surface area contributed by atoms with Gasteiger partial charge in [-0.15, -0.1) is 0 Å². The maximum Gasteiger partial charge on any atom is 0.320 e. The highest BCUT2D eigenvalue weighted by Crippen LogP contribution is 2.14. The molecule has 0 saturated carbocycles. The predicted molar refractivity (Wildman–Crippen MR) is 44.2 cm³/mol. The van der Waals surface area contributed by atoms with Crippen molar-refractivity contribution in [2.24, 2.45) is 17.6 Å². The highest BCUT2D eigenvalue weighted by atomic mass is 16.4. The zero-order valence-electron chi connectivity index (χ0n) is 7.37. The number of hydrogen-bond acceptors (Lipinski definition) is 2. The van der Waals surface area contributed by atoms with Gasteiger partial charge in [0.2, 0.25) is 0 Å². The van der Waals surface area contributed by atoms with Gasteiger partial charge in [0, 0.05) is 0 Å². The Morgan fingerprint density at radius 3 is 2.18 bits per heavy atom. The van der Waals surface area contributed by atoms with Crippen molar-refractivity contribution in [1.29, 1.82) is 0 Å². The van der Waals surface area contributed by atoms with Crippen molar-refractivity contribution in [3.63, 3.8) is 0 Å². The van der Waals surface area contributed by atoms with E-state index in [-0.39, 0.29) is 0 Å². The van der Waals surface area contributed by atoms with Crippen molar-refractivity contribution in [2.45, 2.75) is 33.2 Å². The van der Waals surface area contributed by atoms with Crippen LogP contribution in [0.3, 0.4) is 0 Å². The van der Waals surface area contributed by atoms with Gasteiger partial charge >= 0.3 is 5.97 Å². The Hall–Kier alpha value is -0.570. The molecule has 0 rings (SSSR count). The fourth-order valence-electron chi connectivity index (χ4n) is 0.774. The molecule has 0 heterocycles. The zero-order valence-corrected chi connectivity index (χ0v) is 7.37. The van der Waals surface area contributed by atoms with Crippen molar-refractivity contribution >= 4 is 5.97 Å². The molecule has 3 N–H and O–H groups in total. The monoisotopic (exact) mass is 159 g/mol. The van der Waals surface area contributed by atoms with Gasteiger partial charge in [0.1, 0.15) is 6.04 Å². The first kappa shape index (κ1) is 10.4. The lowest BCUT2D eigenvalue weighted by molar-refractivity contribution is -0.139. The minimum atomic E-state index is -0.905. The molecule has 0 amide bonds. The Balaban J connectivity index is 3.75. The summed E-state index contributed by atoms with van der Waals surface area (Å²) in [5.74, 6) is -0.0287. The van der Waals surface area contributed by atoms with Crippen LogP contribution in [-0.2, 0) is 4.79 Å². The lowest BCUT2D eigenvalue weighted by atomic mass is 9.91. The first-order valence-corrected chi connectivity index (χ1v) is 3.93. The Kier molecular flexibility index (Phi) is 4.11. The second kappa shape index (κ2) is 4.34. The highest BCUT2D eigenvalue weighted by Gasteiger charge is 2.17. The summed E-state index contributed by atoms with van der Waals surface area (Å²) in [7, 11) is 0. The number of rotatable bonds is 4. The molecule has 2 atom stereocenters. The predicted octanol–water partition coefficient (Wildman–Crippen LogP) is 1.08. The van der Waals surface area contributed by atoms with Crippen LogP contribution in [0.25, 0.3) is 0 Å². The second-order valence-electron chi connectivity index (χ2n) is 3.40. The summed E-state index contributed by atoms with van der Waals surface area (Å²) in [6.45, 7) is 6.16. The van der Waals surface area contributed by atoms with Gasteiger partial charge in [-0.3, -0.25) is 4.79 Å². The van der Waals surface area contributed by atoms with Crippen LogP contribution in [0.15, 0.2) is 0 Å². The molecule has 66 valence electrons. The van der Waals surface area contributed by atoms with Crippen LogP contribution in [0, 0.1) is 11.8 Å². The van der Waals surface area contributed by atoms with E-state index in [9.17, 15) is 4.79 Å². The zero-order chi connectivity index (χ0) is 9.02. The van der Waals surface area contributed by atoms with E-state index in [1.165, 1.54) is 0 Å². The molecule has 11 heavy (non-hydrogen) atoms. The normalized spacial score (nSPS) is 16.5. The van der Waals surface area contributed by atoms with Crippen LogP contribution in [0.5, 0.6) is 0 Å². The fourth-order valence-corrected chi connectivity index (χ4v) is 0.774. The molecule has 1 unspecified atom stereocenters. The van der Waals surface area contributed by atoms with Gasteiger partial charge in [0.25, 0.3) is 0 Å². The molecule has 0 aliphatic rings. The molecule has 3 nitrogen and oxygen atoms in total. The largest absolute Gasteiger partial charge is 0.480 e. The molecule has 0 spiro atoms. The number of carboxylic acids is 1. The minimum absolute atomic E-state index is 0.376. The van der Waals surface area contributed by atoms with Crippen LogP contribution < -0.4 is 5.73 Å². The van der Waals surface area contributed by atoms with Gasteiger partial charge in [-0.05, 0) is 18.3 Å². The van der Waals surface area contributed by atoms with Crippen LogP contribution in [0.1, 0.15) is 27.2 Å². The summed E-state index contributed by atoms with van der Waals surface area (Å²) >= 11 is 0. The van der Waals surface area contributed by atoms with Crippen molar-refractivity contribution in [3.8, 4) is 0 Å². The highest BCUT2D eigenvalue weighted by molar-refractivity contribution is 5.72. The van der Waals surface area contributed by atoms with E-state index in [2.05, 4.69) is 13.8 Å². The topological polar surface area (TPSA) is 63.3 Å². The van der Waals surface area contributed by atoms with Crippen molar-refractivity contribution in [2.75, 3.05) is 0 Å². The fraction of sp³-hybridized carbons (Fsp3) is 0.875. The SMILES string of the molecule is CC(C)C(C)C[C@@H](N)C(=O)O. The number of carboxylic acid groups (broad SMARTS) is 1. The van der Waals surface area contributed by atoms with Crippen LogP contribution >= 0.6 is 0 Å². The van der Waals surface area contributed by atoms with Gasteiger partial charge in [-0.1, -0.05) is 20.8 Å². The molecule has 0 aromatic rings. The van der Waals surface area contributed by atoms with Gasteiger partial charge in [0.15, 0.2) is 0 Å². The standard InChI is InChI=1S/C8H17NO2/c1-5(2)6(3)4-7(9)8(10)11/h5-7H,4,9H2,1-3H3,(H,10,11)/t6?,7-/m1/s1. The molecular formula is C8H17NO2.